The van der Waals surface area contributed by atoms with E-state index in [0.717, 1.165) is 22.8 Å². The second-order valence-corrected chi connectivity index (χ2v) is 9.27. The predicted octanol–water partition coefficient (Wildman–Crippen LogP) is 5.38. The van der Waals surface area contributed by atoms with E-state index >= 15 is 0 Å². The molecule has 162 valence electrons. The Labute approximate surface area is 179 Å². The summed E-state index contributed by atoms with van der Waals surface area (Å²) in [5, 5.41) is 0. The molecule has 31 heavy (non-hydrogen) atoms. The molecule has 3 aromatic carbocycles. The van der Waals surface area contributed by atoms with Crippen LogP contribution in [0.4, 0.5) is 24.5 Å². The molecule has 0 aliphatic carbocycles. The predicted molar refractivity (Wildman–Crippen MR) is 115 cm³/mol. The smallest absolute Gasteiger partial charge is 0.366 e. The molecule has 0 saturated carbocycles. The number of nitrogens with zero attached hydrogens (tertiary/aromatic N) is 1. The van der Waals surface area contributed by atoms with Crippen molar-refractivity contribution in [2.75, 3.05) is 16.2 Å². The summed E-state index contributed by atoms with van der Waals surface area (Å²) in [6.45, 7) is 2.64. The number of rotatable bonds is 4. The van der Waals surface area contributed by atoms with Gasteiger partial charge in [0.2, 0.25) is 0 Å². The SMILES string of the molecule is Cc1ccc(S(=O)(=O)Nc2ccc(N3CCc4ccccc4C3)c(C(F)(F)F)c2)cc1. The van der Waals surface area contributed by atoms with Crippen molar-refractivity contribution in [3.8, 4) is 0 Å². The van der Waals surface area contributed by atoms with E-state index in [0.29, 0.717) is 19.5 Å². The molecule has 3 aromatic rings. The summed E-state index contributed by atoms with van der Waals surface area (Å²) in [4.78, 5) is 1.67. The number of hydrogen-bond acceptors (Lipinski definition) is 3. The molecule has 8 heteroatoms. The van der Waals surface area contributed by atoms with Crippen molar-refractivity contribution in [2.45, 2.75) is 31.0 Å². The van der Waals surface area contributed by atoms with Crippen LogP contribution in [0.2, 0.25) is 0 Å². The highest BCUT2D eigenvalue weighted by Gasteiger charge is 2.36. The number of hydrogen-bond donors (Lipinski definition) is 1. The van der Waals surface area contributed by atoms with E-state index < -0.39 is 21.8 Å². The van der Waals surface area contributed by atoms with E-state index in [4.69, 9.17) is 0 Å². The molecular formula is C23H21F3N2O2S. The third-order valence-electron chi connectivity index (χ3n) is 5.36. The molecule has 1 heterocycles. The van der Waals surface area contributed by atoms with E-state index in [1.165, 1.54) is 24.3 Å². The van der Waals surface area contributed by atoms with Gasteiger partial charge in [-0.1, -0.05) is 42.0 Å². The summed E-state index contributed by atoms with van der Waals surface area (Å²) in [5.41, 5.74) is 2.05. The van der Waals surface area contributed by atoms with Crippen molar-refractivity contribution in [1.29, 1.82) is 0 Å². The van der Waals surface area contributed by atoms with Crippen molar-refractivity contribution in [1.82, 2.24) is 0 Å². The Morgan fingerprint density at radius 2 is 1.61 bits per heavy atom. The second-order valence-electron chi connectivity index (χ2n) is 7.59. The standard InChI is InChI=1S/C23H21F3N2O2S/c1-16-6-9-20(10-7-16)31(29,30)27-19-8-11-22(21(14-19)23(24,25)26)28-13-12-17-4-2-3-5-18(17)15-28/h2-11,14,27H,12-13,15H2,1H3. The first-order valence-electron chi connectivity index (χ1n) is 9.76. The maximum absolute atomic E-state index is 13.9. The third-order valence-corrected chi connectivity index (χ3v) is 6.75. The molecule has 4 rings (SSSR count). The molecule has 1 aliphatic heterocycles. The summed E-state index contributed by atoms with van der Waals surface area (Å²) < 4.78 is 69.1. The monoisotopic (exact) mass is 446 g/mol. The molecule has 0 unspecified atom stereocenters. The topological polar surface area (TPSA) is 49.4 Å². The number of anilines is 2. The van der Waals surface area contributed by atoms with Gasteiger partial charge in [0, 0.05) is 24.5 Å². The molecule has 0 fully saturated rings. The van der Waals surface area contributed by atoms with Gasteiger partial charge in [0.15, 0.2) is 0 Å². The Balaban J connectivity index is 1.66. The number of alkyl halides is 3. The number of nitrogens with one attached hydrogen (secondary N) is 1. The minimum Gasteiger partial charge on any atom is -0.366 e. The van der Waals surface area contributed by atoms with Crippen LogP contribution in [-0.4, -0.2) is 15.0 Å². The van der Waals surface area contributed by atoms with Gasteiger partial charge in [-0.15, -0.1) is 0 Å². The summed E-state index contributed by atoms with van der Waals surface area (Å²) in [7, 11) is -4.00. The maximum Gasteiger partial charge on any atom is 0.418 e. The van der Waals surface area contributed by atoms with Crippen LogP contribution in [0.15, 0.2) is 71.6 Å². The maximum atomic E-state index is 13.9. The van der Waals surface area contributed by atoms with Gasteiger partial charge in [0.25, 0.3) is 10.0 Å². The van der Waals surface area contributed by atoms with Gasteiger partial charge in [-0.3, -0.25) is 4.72 Å². The van der Waals surface area contributed by atoms with Crippen LogP contribution in [0.3, 0.4) is 0 Å². The lowest BCUT2D eigenvalue weighted by atomic mass is 9.98. The highest BCUT2D eigenvalue weighted by Crippen LogP contribution is 2.40. The van der Waals surface area contributed by atoms with E-state index in [2.05, 4.69) is 4.72 Å². The lowest BCUT2D eigenvalue weighted by molar-refractivity contribution is -0.137. The summed E-state index contributed by atoms with van der Waals surface area (Å²) in [6.07, 6.45) is -3.98. The molecule has 0 amide bonds. The number of aryl methyl sites for hydroxylation is 1. The molecular weight excluding hydrogens is 425 g/mol. The highest BCUT2D eigenvalue weighted by atomic mass is 32.2. The van der Waals surface area contributed by atoms with Crippen LogP contribution < -0.4 is 9.62 Å². The Hall–Kier alpha value is -3.00. The van der Waals surface area contributed by atoms with Crippen molar-refractivity contribution in [3.63, 3.8) is 0 Å². The van der Waals surface area contributed by atoms with Gasteiger partial charge < -0.3 is 4.90 Å². The number of fused-ring (bicyclic) bond motifs is 1. The van der Waals surface area contributed by atoms with Crippen molar-refractivity contribution < 1.29 is 21.6 Å². The van der Waals surface area contributed by atoms with Crippen molar-refractivity contribution >= 4 is 21.4 Å². The molecule has 0 radical (unpaired) electrons. The first-order chi connectivity index (χ1) is 14.6. The molecule has 0 aromatic heterocycles. The molecule has 1 aliphatic rings. The minimum atomic E-state index is -4.63. The van der Waals surface area contributed by atoms with Crippen LogP contribution in [0.25, 0.3) is 0 Å². The second kappa shape index (κ2) is 7.92. The average Bonchev–Trinajstić information content (AvgIpc) is 2.73. The Bertz CT molecular complexity index is 1210. The fourth-order valence-electron chi connectivity index (χ4n) is 3.74. The van der Waals surface area contributed by atoms with Gasteiger partial charge in [0.05, 0.1) is 10.5 Å². The van der Waals surface area contributed by atoms with Gasteiger partial charge in [-0.25, -0.2) is 8.42 Å². The van der Waals surface area contributed by atoms with Crippen LogP contribution in [-0.2, 0) is 29.2 Å². The van der Waals surface area contributed by atoms with Crippen LogP contribution in [0.5, 0.6) is 0 Å². The van der Waals surface area contributed by atoms with Crippen molar-refractivity contribution in [3.05, 3.63) is 89.0 Å². The average molecular weight is 446 g/mol. The quantitative estimate of drug-likeness (QED) is 0.586. The zero-order chi connectivity index (χ0) is 22.2. The Kier molecular flexibility index (Phi) is 5.43. The van der Waals surface area contributed by atoms with Gasteiger partial charge in [-0.05, 0) is 54.8 Å². The molecule has 0 atom stereocenters. The van der Waals surface area contributed by atoms with E-state index in [-0.39, 0.29) is 16.3 Å². The van der Waals surface area contributed by atoms with E-state index in [1.54, 1.807) is 17.0 Å². The van der Waals surface area contributed by atoms with Crippen LogP contribution >= 0.6 is 0 Å². The minimum absolute atomic E-state index is 0.0108. The Morgan fingerprint density at radius 3 is 2.29 bits per heavy atom. The number of sulfonamides is 1. The van der Waals surface area contributed by atoms with Crippen molar-refractivity contribution in [2.24, 2.45) is 0 Å². The number of halogens is 3. The van der Waals surface area contributed by atoms with E-state index in [1.807, 2.05) is 31.2 Å². The van der Waals surface area contributed by atoms with E-state index in [9.17, 15) is 21.6 Å². The van der Waals surface area contributed by atoms with Crippen LogP contribution in [0, 0.1) is 6.92 Å². The van der Waals surface area contributed by atoms with Gasteiger partial charge in [-0.2, -0.15) is 13.2 Å². The zero-order valence-electron chi connectivity index (χ0n) is 16.8. The first-order valence-corrected chi connectivity index (χ1v) is 11.2. The molecule has 0 saturated heterocycles. The fourth-order valence-corrected chi connectivity index (χ4v) is 4.78. The summed E-state index contributed by atoms with van der Waals surface area (Å²) in [5.74, 6) is 0. The third kappa shape index (κ3) is 4.54. The fraction of sp³-hybridized carbons (Fsp3) is 0.217. The highest BCUT2D eigenvalue weighted by molar-refractivity contribution is 7.92. The van der Waals surface area contributed by atoms with Gasteiger partial charge >= 0.3 is 6.18 Å². The Morgan fingerprint density at radius 1 is 0.935 bits per heavy atom. The first kappa shape index (κ1) is 21.2. The summed E-state index contributed by atoms with van der Waals surface area (Å²) in [6, 6.07) is 17.4. The van der Waals surface area contributed by atoms with Gasteiger partial charge in [0.1, 0.15) is 0 Å². The van der Waals surface area contributed by atoms with Crippen LogP contribution in [0.1, 0.15) is 22.3 Å². The molecule has 4 nitrogen and oxygen atoms in total. The molecule has 0 spiro atoms. The lowest BCUT2D eigenvalue weighted by Crippen LogP contribution is -2.32. The summed E-state index contributed by atoms with van der Waals surface area (Å²) >= 11 is 0. The zero-order valence-corrected chi connectivity index (χ0v) is 17.6. The molecule has 0 bridgehead atoms. The lowest BCUT2D eigenvalue weighted by Gasteiger charge is -2.32. The molecule has 1 N–H and O–H groups in total. The normalized spacial score (nSPS) is 14.3. The largest absolute Gasteiger partial charge is 0.418 e. The number of benzene rings is 3.